The highest BCUT2D eigenvalue weighted by molar-refractivity contribution is 5.95. The third kappa shape index (κ3) is 3.34. The molecule has 0 spiro atoms. The molecule has 3 aliphatic rings. The first-order valence-electron chi connectivity index (χ1n) is 12.3. The number of amides is 1. The van der Waals surface area contributed by atoms with Gasteiger partial charge in [-0.15, -0.1) is 0 Å². The first kappa shape index (κ1) is 20.7. The van der Waals surface area contributed by atoms with E-state index in [0.717, 1.165) is 55.3 Å². The van der Waals surface area contributed by atoms with Gasteiger partial charge in [0.1, 0.15) is 5.82 Å². The predicted molar refractivity (Wildman–Crippen MR) is 130 cm³/mol. The van der Waals surface area contributed by atoms with Crippen molar-refractivity contribution in [3.8, 4) is 0 Å². The maximum atomic E-state index is 12.6. The molecule has 6 rings (SSSR count). The number of hydrogen-bond acceptors (Lipinski definition) is 4. The van der Waals surface area contributed by atoms with Gasteiger partial charge in [-0.2, -0.15) is 0 Å². The molecule has 0 unspecified atom stereocenters. The van der Waals surface area contributed by atoms with Gasteiger partial charge >= 0.3 is 6.09 Å². The van der Waals surface area contributed by atoms with Crippen LogP contribution in [0.2, 0.25) is 0 Å². The molecule has 2 aromatic carbocycles. The minimum absolute atomic E-state index is 0.119. The van der Waals surface area contributed by atoms with E-state index in [1.165, 1.54) is 36.6 Å². The molecule has 0 radical (unpaired) electrons. The molecule has 3 heterocycles. The van der Waals surface area contributed by atoms with Crippen LogP contribution in [0, 0.1) is 11.8 Å². The van der Waals surface area contributed by atoms with E-state index >= 15 is 0 Å². The number of nitrogens with one attached hydrogen (secondary N) is 1. The molecule has 0 bridgehead atoms. The van der Waals surface area contributed by atoms with Crippen LogP contribution in [0.25, 0.3) is 11.0 Å². The number of anilines is 1. The lowest BCUT2D eigenvalue weighted by atomic mass is 9.95. The van der Waals surface area contributed by atoms with Crippen LogP contribution in [-0.4, -0.2) is 41.9 Å². The number of hydrogen-bond donors (Lipinski definition) is 1. The molecule has 3 aromatic rings. The monoisotopic (exact) mass is 444 g/mol. The summed E-state index contributed by atoms with van der Waals surface area (Å²) in [5.41, 5.74) is 5.70. The number of aryl methyl sites for hydroxylation is 1. The van der Waals surface area contributed by atoms with Crippen molar-refractivity contribution in [2.45, 2.75) is 51.1 Å². The third-order valence-corrected chi connectivity index (χ3v) is 8.16. The summed E-state index contributed by atoms with van der Waals surface area (Å²) in [6, 6.07) is 15.6. The van der Waals surface area contributed by atoms with E-state index in [0.29, 0.717) is 12.0 Å². The van der Waals surface area contributed by atoms with Crippen molar-refractivity contribution in [2.75, 3.05) is 25.1 Å². The Morgan fingerprint density at radius 3 is 2.79 bits per heavy atom. The van der Waals surface area contributed by atoms with Gasteiger partial charge in [-0.25, -0.2) is 9.78 Å². The Bertz CT molecular complexity index is 1190. The summed E-state index contributed by atoms with van der Waals surface area (Å²) in [6.07, 6.45) is 4.88. The van der Waals surface area contributed by atoms with Gasteiger partial charge in [0, 0.05) is 30.6 Å². The molecule has 1 amide bonds. The molecular formula is C27H32N4O2. The van der Waals surface area contributed by atoms with Gasteiger partial charge in [0.2, 0.25) is 0 Å². The average molecular weight is 445 g/mol. The van der Waals surface area contributed by atoms with E-state index in [2.05, 4.69) is 59.3 Å². The SMILES string of the molecule is COC(=O)N1c2ccc3c(nc(Cc4ccccc4)n3[C@H]3CC[C@@H]4CNC[C@H]43)c2CC[C@@H]1C. The van der Waals surface area contributed by atoms with E-state index in [1.54, 1.807) is 4.90 Å². The third-order valence-electron chi connectivity index (χ3n) is 8.16. The largest absolute Gasteiger partial charge is 0.452 e. The first-order valence-corrected chi connectivity index (χ1v) is 12.3. The predicted octanol–water partition coefficient (Wildman–Crippen LogP) is 4.71. The molecule has 33 heavy (non-hydrogen) atoms. The van der Waals surface area contributed by atoms with Crippen molar-refractivity contribution in [2.24, 2.45) is 11.8 Å². The van der Waals surface area contributed by atoms with Gasteiger partial charge in [-0.1, -0.05) is 30.3 Å². The number of methoxy groups -OCH3 is 1. The highest BCUT2D eigenvalue weighted by Crippen LogP contribution is 2.45. The summed E-state index contributed by atoms with van der Waals surface area (Å²) >= 11 is 0. The molecule has 2 aliphatic heterocycles. The summed E-state index contributed by atoms with van der Waals surface area (Å²) in [4.78, 5) is 19.7. The van der Waals surface area contributed by atoms with Crippen LogP contribution < -0.4 is 10.2 Å². The quantitative estimate of drug-likeness (QED) is 0.636. The van der Waals surface area contributed by atoms with Gasteiger partial charge in [0.15, 0.2) is 0 Å². The number of fused-ring (bicyclic) bond motifs is 4. The number of carbonyl (C=O) groups is 1. The number of ether oxygens (including phenoxy) is 1. The van der Waals surface area contributed by atoms with Crippen molar-refractivity contribution in [1.29, 1.82) is 0 Å². The topological polar surface area (TPSA) is 59.4 Å². The Labute approximate surface area is 194 Å². The summed E-state index contributed by atoms with van der Waals surface area (Å²) in [5, 5.41) is 3.62. The Hall–Kier alpha value is -2.86. The van der Waals surface area contributed by atoms with Crippen LogP contribution in [-0.2, 0) is 17.6 Å². The molecule has 1 aliphatic carbocycles. The van der Waals surface area contributed by atoms with Crippen LogP contribution in [0.4, 0.5) is 10.5 Å². The summed E-state index contributed by atoms with van der Waals surface area (Å²) in [7, 11) is 1.46. The van der Waals surface area contributed by atoms with E-state index in [-0.39, 0.29) is 12.1 Å². The molecular weight excluding hydrogens is 412 g/mol. The van der Waals surface area contributed by atoms with Crippen molar-refractivity contribution in [3.05, 3.63) is 59.4 Å². The molecule has 6 nitrogen and oxygen atoms in total. The lowest BCUT2D eigenvalue weighted by molar-refractivity contribution is 0.175. The van der Waals surface area contributed by atoms with E-state index in [1.807, 2.05) is 0 Å². The number of rotatable bonds is 3. The fourth-order valence-electron chi connectivity index (χ4n) is 6.54. The molecule has 1 saturated heterocycles. The van der Waals surface area contributed by atoms with Crippen LogP contribution in [0.5, 0.6) is 0 Å². The minimum atomic E-state index is -0.289. The average Bonchev–Trinajstić information content (AvgIpc) is 3.53. The van der Waals surface area contributed by atoms with Crippen LogP contribution in [0.15, 0.2) is 42.5 Å². The van der Waals surface area contributed by atoms with E-state index in [9.17, 15) is 4.79 Å². The molecule has 172 valence electrons. The highest BCUT2D eigenvalue weighted by Gasteiger charge is 2.42. The summed E-state index contributed by atoms with van der Waals surface area (Å²) in [6.45, 7) is 4.33. The van der Waals surface area contributed by atoms with Crippen LogP contribution in [0.1, 0.15) is 49.2 Å². The summed E-state index contributed by atoms with van der Waals surface area (Å²) in [5.74, 6) is 2.58. The second-order valence-electron chi connectivity index (χ2n) is 9.95. The fourth-order valence-corrected chi connectivity index (χ4v) is 6.54. The zero-order valence-electron chi connectivity index (χ0n) is 19.5. The standard InChI is InChI=1S/C27H32N4O2/c1-17-8-10-20-22(30(17)27(32)33-2)12-13-24-26(20)29-25(14-18-6-4-3-5-7-18)31(24)23-11-9-19-15-28-16-21(19)23/h3-7,12-13,17,19,21,23,28H,8-11,14-16H2,1-2H3/t17-,19+,21+,23-/m0/s1. The zero-order chi connectivity index (χ0) is 22.5. The normalized spacial score (nSPS) is 26.4. The minimum Gasteiger partial charge on any atom is -0.452 e. The lowest BCUT2D eigenvalue weighted by Crippen LogP contribution is -2.42. The highest BCUT2D eigenvalue weighted by atomic mass is 16.5. The van der Waals surface area contributed by atoms with Gasteiger partial charge in [-0.05, 0) is 68.7 Å². The molecule has 1 saturated carbocycles. The maximum Gasteiger partial charge on any atom is 0.414 e. The van der Waals surface area contributed by atoms with Gasteiger partial charge in [-0.3, -0.25) is 4.90 Å². The zero-order valence-corrected chi connectivity index (χ0v) is 19.5. The van der Waals surface area contributed by atoms with Gasteiger partial charge < -0.3 is 14.6 Å². The molecule has 6 heteroatoms. The molecule has 2 fully saturated rings. The molecule has 1 aromatic heterocycles. The summed E-state index contributed by atoms with van der Waals surface area (Å²) < 4.78 is 7.68. The smallest absolute Gasteiger partial charge is 0.414 e. The maximum absolute atomic E-state index is 12.6. The number of benzene rings is 2. The number of carbonyl (C=O) groups excluding carboxylic acids is 1. The number of aromatic nitrogens is 2. The van der Waals surface area contributed by atoms with Crippen molar-refractivity contribution >= 4 is 22.8 Å². The second-order valence-corrected chi connectivity index (χ2v) is 9.95. The van der Waals surface area contributed by atoms with Crippen molar-refractivity contribution < 1.29 is 9.53 Å². The first-order chi connectivity index (χ1) is 16.2. The van der Waals surface area contributed by atoms with Crippen LogP contribution >= 0.6 is 0 Å². The Balaban J connectivity index is 1.51. The van der Waals surface area contributed by atoms with Gasteiger partial charge in [0.05, 0.1) is 23.8 Å². The van der Waals surface area contributed by atoms with Crippen molar-refractivity contribution in [3.63, 3.8) is 0 Å². The number of nitrogens with zero attached hydrogens (tertiary/aromatic N) is 3. The van der Waals surface area contributed by atoms with Crippen molar-refractivity contribution in [1.82, 2.24) is 14.9 Å². The number of imidazole rings is 1. The Kier molecular flexibility index (Phi) is 5.13. The van der Waals surface area contributed by atoms with E-state index < -0.39 is 0 Å². The molecule has 4 atom stereocenters. The van der Waals surface area contributed by atoms with Crippen LogP contribution in [0.3, 0.4) is 0 Å². The Morgan fingerprint density at radius 2 is 1.97 bits per heavy atom. The van der Waals surface area contributed by atoms with E-state index in [4.69, 9.17) is 9.72 Å². The Morgan fingerprint density at radius 1 is 1.12 bits per heavy atom. The van der Waals surface area contributed by atoms with Gasteiger partial charge in [0.25, 0.3) is 0 Å². The second kappa shape index (κ2) is 8.17. The lowest BCUT2D eigenvalue weighted by Gasteiger charge is -2.34. The molecule has 1 N–H and O–H groups in total. The fraction of sp³-hybridized carbons (Fsp3) is 0.481.